The van der Waals surface area contributed by atoms with Crippen molar-refractivity contribution < 1.29 is 30.7 Å². The summed E-state index contributed by atoms with van der Waals surface area (Å²) in [7, 11) is -3.84. The van der Waals surface area contributed by atoms with Crippen LogP contribution in [0.3, 0.4) is 0 Å². The zero-order valence-corrected chi connectivity index (χ0v) is 11.7. The molecule has 0 bridgehead atoms. The molecule has 0 saturated heterocycles. The second-order valence-electron chi connectivity index (χ2n) is 4.07. The lowest BCUT2D eigenvalue weighted by molar-refractivity contribution is 0.351. The summed E-state index contributed by atoms with van der Waals surface area (Å²) in [6.45, 7) is 3.50. The molecule has 0 radical (unpaired) electrons. The third-order valence-electron chi connectivity index (χ3n) is 2.72. The van der Waals surface area contributed by atoms with Crippen LogP contribution in [-0.4, -0.2) is 8.42 Å². The number of hydrogen-bond acceptors (Lipinski definition) is 3. The average Bonchev–Trinajstić information content (AvgIpc) is 2.50. The maximum Gasteiger partial charge on any atom is 0.205 e. The van der Waals surface area contributed by atoms with Crippen LogP contribution in [0.2, 0.25) is 0 Å². The van der Waals surface area contributed by atoms with E-state index >= 15 is 0 Å². The quantitative estimate of drug-likeness (QED) is 0.528. The van der Waals surface area contributed by atoms with Crippen LogP contribution in [0.15, 0.2) is 35.7 Å². The minimum atomic E-state index is -3.84. The van der Waals surface area contributed by atoms with Gasteiger partial charge in [0.05, 0.1) is 0 Å². The molecule has 0 aliphatic carbocycles. The lowest BCUT2D eigenvalue weighted by Crippen LogP contribution is -2.05. The Bertz CT molecular complexity index is 777. The van der Waals surface area contributed by atoms with Gasteiger partial charge in [0.25, 0.3) is 0 Å². The molecule has 116 valence electrons. The molecule has 2 aromatic rings. The molecule has 0 heterocycles. The van der Waals surface area contributed by atoms with Crippen molar-refractivity contribution in [3.63, 3.8) is 0 Å². The van der Waals surface area contributed by atoms with Crippen molar-refractivity contribution in [3.8, 4) is 11.5 Å². The van der Waals surface area contributed by atoms with Crippen LogP contribution in [0.25, 0.3) is 6.08 Å². The summed E-state index contributed by atoms with van der Waals surface area (Å²) in [5, 5.41) is 0. The van der Waals surface area contributed by atoms with E-state index in [0.29, 0.717) is 5.56 Å². The number of halogens is 4. The maximum atomic E-state index is 13.7. The van der Waals surface area contributed by atoms with Crippen LogP contribution >= 0.6 is 0 Å². The molecule has 8 heteroatoms. The number of ether oxygens (including phenoxy) is 1. The van der Waals surface area contributed by atoms with Crippen LogP contribution in [0.5, 0.6) is 11.5 Å². The minimum absolute atomic E-state index is 0.0959. The molecule has 0 spiro atoms. The fourth-order valence-corrected chi connectivity index (χ4v) is 2.16. The highest BCUT2D eigenvalue weighted by atomic mass is 32.2. The normalized spacial score (nSPS) is 10.8. The highest BCUT2D eigenvalue weighted by Crippen LogP contribution is 2.33. The van der Waals surface area contributed by atoms with Gasteiger partial charge in [-0.05, 0) is 17.7 Å². The Morgan fingerprint density at radius 3 is 1.82 bits per heavy atom. The molecule has 0 fully saturated rings. The van der Waals surface area contributed by atoms with Gasteiger partial charge in [0, 0.05) is 0 Å². The first-order chi connectivity index (χ1) is 10.4. The summed E-state index contributed by atoms with van der Waals surface area (Å²) in [5.41, 5.74) is 0.685. The number of thiol groups is 1. The van der Waals surface area contributed by atoms with E-state index in [2.05, 4.69) is 6.58 Å². The monoisotopic (exact) mass is 332 g/mol. The predicted molar refractivity (Wildman–Crippen MR) is 71.5 cm³/mol. The summed E-state index contributed by atoms with van der Waals surface area (Å²) in [5.74, 6) is -9.38. The fourth-order valence-electron chi connectivity index (χ4n) is 1.64. The fraction of sp³-hybridized carbons (Fsp3) is 0. The Labute approximate surface area is 124 Å². The van der Waals surface area contributed by atoms with Gasteiger partial charge in [-0.2, -0.15) is 8.78 Å². The van der Waals surface area contributed by atoms with Crippen molar-refractivity contribution in [1.29, 1.82) is 0 Å². The van der Waals surface area contributed by atoms with E-state index < -0.39 is 44.6 Å². The zero-order valence-electron chi connectivity index (χ0n) is 10.8. The molecule has 0 unspecified atom stereocenters. The average molecular weight is 332 g/mol. The van der Waals surface area contributed by atoms with Crippen LogP contribution in [0.1, 0.15) is 5.56 Å². The van der Waals surface area contributed by atoms with E-state index in [1.807, 2.05) is 0 Å². The second kappa shape index (κ2) is 6.18. The molecule has 2 rings (SSSR count). The molecule has 0 N–H and O–H groups in total. The molecule has 0 atom stereocenters. The smallest absolute Gasteiger partial charge is 0.205 e. The highest BCUT2D eigenvalue weighted by Gasteiger charge is 2.28. The van der Waals surface area contributed by atoms with E-state index in [1.54, 1.807) is 0 Å². The van der Waals surface area contributed by atoms with Gasteiger partial charge in [0.15, 0.2) is 22.3 Å². The van der Waals surface area contributed by atoms with Crippen molar-refractivity contribution in [2.45, 2.75) is 4.90 Å². The molecule has 0 saturated carbocycles. The molecule has 0 aliphatic heterocycles. The van der Waals surface area contributed by atoms with Gasteiger partial charge in [-0.3, -0.25) is 0 Å². The van der Waals surface area contributed by atoms with E-state index in [0.717, 1.165) is 0 Å². The number of hydrogen-bond donors (Lipinski definition) is 1. The lowest BCUT2D eigenvalue weighted by atomic mass is 10.2. The van der Waals surface area contributed by atoms with Gasteiger partial charge in [0.2, 0.25) is 17.4 Å². The Hall–Kier alpha value is -2.35. The van der Waals surface area contributed by atoms with E-state index in [1.165, 1.54) is 30.3 Å². The zero-order chi connectivity index (χ0) is 16.4. The Kier molecular flexibility index (Phi) is 4.51. The summed E-state index contributed by atoms with van der Waals surface area (Å²) >= 11 is 0. The number of rotatable bonds is 4. The molecule has 0 aromatic heterocycles. The third-order valence-corrected chi connectivity index (χ3v) is 3.48. The van der Waals surface area contributed by atoms with Crippen molar-refractivity contribution in [1.82, 2.24) is 0 Å². The minimum Gasteiger partial charge on any atom is -0.451 e. The molecular weight excluding hydrogens is 324 g/mol. The van der Waals surface area contributed by atoms with Crippen LogP contribution in [-0.2, 0) is 10.7 Å². The summed E-state index contributed by atoms with van der Waals surface area (Å²) < 4.78 is 80.5. The first-order valence-electron chi connectivity index (χ1n) is 5.77. The van der Waals surface area contributed by atoms with Gasteiger partial charge in [-0.1, -0.05) is 24.8 Å². The van der Waals surface area contributed by atoms with E-state index in [-0.39, 0.29) is 5.75 Å². The van der Waals surface area contributed by atoms with Crippen molar-refractivity contribution >= 4 is 16.8 Å². The van der Waals surface area contributed by atoms with Gasteiger partial charge in [-0.25, -0.2) is 17.2 Å². The van der Waals surface area contributed by atoms with Crippen LogP contribution < -0.4 is 4.74 Å². The summed E-state index contributed by atoms with van der Waals surface area (Å²) in [6, 6.07) is 5.59. The van der Waals surface area contributed by atoms with Crippen molar-refractivity contribution in [2.24, 2.45) is 0 Å². The molecule has 3 nitrogen and oxygen atoms in total. The molecule has 22 heavy (non-hydrogen) atoms. The number of benzene rings is 2. The van der Waals surface area contributed by atoms with Gasteiger partial charge in [0.1, 0.15) is 10.6 Å². The largest absolute Gasteiger partial charge is 0.451 e. The van der Waals surface area contributed by atoms with E-state index in [4.69, 9.17) is 4.74 Å². The third kappa shape index (κ3) is 2.82. The van der Waals surface area contributed by atoms with E-state index in [9.17, 15) is 26.0 Å². The van der Waals surface area contributed by atoms with Gasteiger partial charge in [-0.15, -0.1) is 0 Å². The lowest BCUT2D eigenvalue weighted by Gasteiger charge is -2.10. The predicted octanol–water partition coefficient (Wildman–Crippen LogP) is 3.65. The SMILES string of the molecule is C=Cc1ccc(Oc2c(F)c(F)c([SH](=O)=O)c(F)c2F)cc1. The van der Waals surface area contributed by atoms with Gasteiger partial charge < -0.3 is 4.74 Å². The standard InChI is InChI=1S/C14H8F4O3S/c1-2-7-3-5-8(6-4-7)21-13-9(15)11(17)14(22(19)20)12(18)10(13)16/h2-6,22H,1H2. The Morgan fingerprint density at radius 1 is 0.909 bits per heavy atom. The molecule has 0 aliphatic rings. The molecular formula is C14H8F4O3S. The molecule has 2 aromatic carbocycles. The maximum absolute atomic E-state index is 13.7. The van der Waals surface area contributed by atoms with Crippen LogP contribution in [0.4, 0.5) is 17.6 Å². The van der Waals surface area contributed by atoms with Crippen molar-refractivity contribution in [2.75, 3.05) is 0 Å². The first kappa shape index (κ1) is 16.0. The highest BCUT2D eigenvalue weighted by molar-refractivity contribution is 7.72. The Balaban J connectivity index is 2.53. The second-order valence-corrected chi connectivity index (χ2v) is 5.03. The molecule has 0 amide bonds. The summed E-state index contributed by atoms with van der Waals surface area (Å²) in [6.07, 6.45) is 1.50. The topological polar surface area (TPSA) is 43.4 Å². The van der Waals surface area contributed by atoms with Gasteiger partial charge >= 0.3 is 0 Å². The summed E-state index contributed by atoms with van der Waals surface area (Å²) in [4.78, 5) is -1.68. The first-order valence-corrected chi connectivity index (χ1v) is 6.95. The Morgan fingerprint density at radius 2 is 1.41 bits per heavy atom. The van der Waals surface area contributed by atoms with Crippen LogP contribution in [0, 0.1) is 23.3 Å². The van der Waals surface area contributed by atoms with Crippen molar-refractivity contribution in [3.05, 3.63) is 59.7 Å².